The van der Waals surface area contributed by atoms with E-state index in [4.69, 9.17) is 9.73 Å². The average Bonchev–Trinajstić information content (AvgIpc) is 3.45. The molecule has 2 aromatic heterocycles. The second-order valence-electron chi connectivity index (χ2n) is 10.4. The standard InChI is InChI=1S/C34H29N3O2S/c1-21-19-24(22(2)36(21)25-12-5-4-6-13-25)20-30-33(38)37-32(27-15-9-10-16-29(27)39-3)28-18-17-23-11-7-8-14-26(23)31(28)35-34(37)40-30/h4-16,19-20,32H,17-18H2,1-3H3/b30-20+/t32-/m1/s1. The fourth-order valence-electron chi connectivity index (χ4n) is 6.24. The fourth-order valence-corrected chi connectivity index (χ4v) is 7.23. The van der Waals surface area contributed by atoms with E-state index >= 15 is 0 Å². The molecule has 6 heteroatoms. The Labute approximate surface area is 236 Å². The van der Waals surface area contributed by atoms with Crippen molar-refractivity contribution in [3.05, 3.63) is 144 Å². The second-order valence-corrected chi connectivity index (χ2v) is 11.4. The first-order chi connectivity index (χ1) is 19.5. The molecule has 0 amide bonds. The molecule has 0 radical (unpaired) electrons. The summed E-state index contributed by atoms with van der Waals surface area (Å²) >= 11 is 1.46. The zero-order valence-corrected chi connectivity index (χ0v) is 23.5. The Bertz CT molecular complexity index is 1990. The van der Waals surface area contributed by atoms with Crippen LogP contribution in [0.1, 0.15) is 46.1 Å². The predicted molar refractivity (Wildman–Crippen MR) is 161 cm³/mol. The molecule has 0 saturated carbocycles. The van der Waals surface area contributed by atoms with Gasteiger partial charge in [-0.2, -0.15) is 0 Å². The maximum absolute atomic E-state index is 14.2. The lowest BCUT2D eigenvalue weighted by Crippen LogP contribution is -2.39. The van der Waals surface area contributed by atoms with Crippen molar-refractivity contribution in [3.8, 4) is 11.4 Å². The van der Waals surface area contributed by atoms with Crippen molar-refractivity contribution in [2.45, 2.75) is 32.7 Å². The Balaban J connectivity index is 1.46. The molecular weight excluding hydrogens is 514 g/mol. The van der Waals surface area contributed by atoms with Gasteiger partial charge in [-0.25, -0.2) is 4.99 Å². The van der Waals surface area contributed by atoms with E-state index in [0.717, 1.165) is 62.9 Å². The number of rotatable bonds is 4. The van der Waals surface area contributed by atoms with Crippen molar-refractivity contribution in [1.82, 2.24) is 9.13 Å². The van der Waals surface area contributed by atoms with Crippen molar-refractivity contribution in [1.29, 1.82) is 0 Å². The molecule has 0 fully saturated rings. The normalized spacial score (nSPS) is 16.3. The van der Waals surface area contributed by atoms with Gasteiger partial charge in [0.05, 0.1) is 23.4 Å². The zero-order valence-electron chi connectivity index (χ0n) is 22.7. The van der Waals surface area contributed by atoms with Crippen LogP contribution >= 0.6 is 11.3 Å². The smallest absolute Gasteiger partial charge is 0.271 e. The van der Waals surface area contributed by atoms with Gasteiger partial charge >= 0.3 is 0 Å². The van der Waals surface area contributed by atoms with Gasteiger partial charge in [0, 0.05) is 28.2 Å². The largest absolute Gasteiger partial charge is 0.496 e. The van der Waals surface area contributed by atoms with Gasteiger partial charge in [-0.1, -0.05) is 72.0 Å². The van der Waals surface area contributed by atoms with Gasteiger partial charge in [0.1, 0.15) is 5.75 Å². The Morgan fingerprint density at radius 2 is 1.70 bits per heavy atom. The highest BCUT2D eigenvalue weighted by Gasteiger charge is 2.34. The van der Waals surface area contributed by atoms with Crippen LogP contribution in [-0.2, 0) is 6.42 Å². The number of fused-ring (bicyclic) bond motifs is 3. The number of ether oxygens (including phenoxy) is 1. The predicted octanol–water partition coefficient (Wildman–Crippen LogP) is 5.73. The number of nitrogens with zero attached hydrogens (tertiary/aromatic N) is 3. The highest BCUT2D eigenvalue weighted by atomic mass is 32.1. The third-order valence-corrected chi connectivity index (χ3v) is 9.06. The number of aryl methyl sites for hydroxylation is 2. The average molecular weight is 544 g/mol. The first kappa shape index (κ1) is 24.6. The summed E-state index contributed by atoms with van der Waals surface area (Å²) in [5.74, 6) is 0.779. The van der Waals surface area contributed by atoms with E-state index in [-0.39, 0.29) is 11.6 Å². The Morgan fingerprint density at radius 3 is 2.52 bits per heavy atom. The van der Waals surface area contributed by atoms with Crippen molar-refractivity contribution in [3.63, 3.8) is 0 Å². The Kier molecular flexibility index (Phi) is 5.93. The highest BCUT2D eigenvalue weighted by Crippen LogP contribution is 2.43. The van der Waals surface area contributed by atoms with E-state index in [1.807, 2.05) is 47.0 Å². The van der Waals surface area contributed by atoms with Crippen LogP contribution < -0.4 is 19.6 Å². The topological polar surface area (TPSA) is 48.5 Å². The Hall–Kier alpha value is -4.42. The van der Waals surface area contributed by atoms with Crippen LogP contribution in [0.25, 0.3) is 17.5 Å². The van der Waals surface area contributed by atoms with Crippen molar-refractivity contribution >= 4 is 23.1 Å². The van der Waals surface area contributed by atoms with E-state index in [1.54, 1.807) is 7.11 Å². The SMILES string of the molecule is COc1ccccc1[C@@H]1C2=C(N=c3s/c(=C/c4cc(C)n(-c5ccccc5)c4C)c(=O)n31)c1ccccc1CC2. The summed E-state index contributed by atoms with van der Waals surface area (Å²) in [4.78, 5) is 20.1. The van der Waals surface area contributed by atoms with Gasteiger partial charge in [0.15, 0.2) is 4.80 Å². The summed E-state index contributed by atoms with van der Waals surface area (Å²) in [5.41, 5.74) is 9.97. The van der Waals surface area contributed by atoms with Gasteiger partial charge in [0.2, 0.25) is 0 Å². The van der Waals surface area contributed by atoms with Gasteiger partial charge in [-0.05, 0) is 73.7 Å². The van der Waals surface area contributed by atoms with Crippen LogP contribution in [0.5, 0.6) is 5.75 Å². The van der Waals surface area contributed by atoms with Crippen molar-refractivity contribution in [2.75, 3.05) is 7.11 Å². The first-order valence-corrected chi connectivity index (χ1v) is 14.4. The zero-order chi connectivity index (χ0) is 27.4. The van der Waals surface area contributed by atoms with Gasteiger partial charge in [-0.15, -0.1) is 0 Å². The molecule has 2 aliphatic rings. The van der Waals surface area contributed by atoms with E-state index < -0.39 is 0 Å². The second kappa shape index (κ2) is 9.65. The maximum Gasteiger partial charge on any atom is 0.271 e. The van der Waals surface area contributed by atoms with Gasteiger partial charge in [0.25, 0.3) is 5.56 Å². The number of hydrogen-bond acceptors (Lipinski definition) is 4. The summed E-state index contributed by atoms with van der Waals surface area (Å²) < 4.78 is 10.6. The minimum Gasteiger partial charge on any atom is -0.496 e. The molecule has 40 heavy (non-hydrogen) atoms. The van der Waals surface area contributed by atoms with Crippen LogP contribution in [0.4, 0.5) is 0 Å². The first-order valence-electron chi connectivity index (χ1n) is 13.6. The number of para-hydroxylation sites is 2. The van der Waals surface area contributed by atoms with E-state index in [1.165, 1.54) is 22.5 Å². The molecule has 1 aliphatic heterocycles. The van der Waals surface area contributed by atoms with Crippen LogP contribution in [0.2, 0.25) is 0 Å². The van der Waals surface area contributed by atoms with Gasteiger partial charge < -0.3 is 9.30 Å². The third-order valence-electron chi connectivity index (χ3n) is 8.08. The minimum absolute atomic E-state index is 0.0189. The Morgan fingerprint density at radius 1 is 0.950 bits per heavy atom. The number of allylic oxidation sites excluding steroid dienone is 1. The van der Waals surface area contributed by atoms with E-state index in [9.17, 15) is 4.79 Å². The molecule has 0 unspecified atom stereocenters. The summed E-state index contributed by atoms with van der Waals surface area (Å²) in [7, 11) is 1.69. The molecule has 0 bridgehead atoms. The van der Waals surface area contributed by atoms with Crippen molar-refractivity contribution in [2.24, 2.45) is 4.99 Å². The number of aromatic nitrogens is 2. The number of thiazole rings is 1. The molecule has 0 saturated heterocycles. The summed E-state index contributed by atoms with van der Waals surface area (Å²) in [6, 6.07) is 28.7. The van der Waals surface area contributed by atoms with Crippen LogP contribution in [0.15, 0.2) is 100 Å². The third kappa shape index (κ3) is 3.82. The molecule has 7 rings (SSSR count). The summed E-state index contributed by atoms with van der Waals surface area (Å²) in [6.07, 6.45) is 3.80. The summed E-state index contributed by atoms with van der Waals surface area (Å²) in [5, 5.41) is 0. The molecule has 3 heterocycles. The molecule has 5 nitrogen and oxygen atoms in total. The highest BCUT2D eigenvalue weighted by molar-refractivity contribution is 7.07. The van der Waals surface area contributed by atoms with Gasteiger partial charge in [-0.3, -0.25) is 9.36 Å². The van der Waals surface area contributed by atoms with Crippen LogP contribution in [0, 0.1) is 13.8 Å². The van der Waals surface area contributed by atoms with Crippen LogP contribution in [0.3, 0.4) is 0 Å². The van der Waals surface area contributed by atoms with E-state index in [0.29, 0.717) is 4.53 Å². The minimum atomic E-state index is -0.269. The lowest BCUT2D eigenvalue weighted by molar-refractivity contribution is 0.402. The fraction of sp³-hybridized carbons (Fsp3) is 0.176. The summed E-state index contributed by atoms with van der Waals surface area (Å²) in [6.45, 7) is 4.21. The molecule has 3 aromatic carbocycles. The number of hydrogen-bond donors (Lipinski definition) is 0. The van der Waals surface area contributed by atoms with Crippen molar-refractivity contribution < 1.29 is 4.74 Å². The molecule has 1 atom stereocenters. The maximum atomic E-state index is 14.2. The molecule has 5 aromatic rings. The lowest BCUT2D eigenvalue weighted by atomic mass is 9.83. The monoisotopic (exact) mass is 543 g/mol. The molecule has 0 spiro atoms. The molecular formula is C34H29N3O2S. The molecule has 198 valence electrons. The number of methoxy groups -OCH3 is 1. The lowest BCUT2D eigenvalue weighted by Gasteiger charge is -2.31. The van der Waals surface area contributed by atoms with Crippen LogP contribution in [-0.4, -0.2) is 16.2 Å². The molecule has 1 aliphatic carbocycles. The molecule has 0 N–H and O–H groups in total. The van der Waals surface area contributed by atoms with E-state index in [2.05, 4.69) is 66.9 Å². The quantitative estimate of drug-likeness (QED) is 0.291. The number of benzene rings is 3.